The van der Waals surface area contributed by atoms with Crippen molar-refractivity contribution < 1.29 is 34.8 Å². The molecule has 180 valence electrons. The lowest BCUT2D eigenvalue weighted by Crippen LogP contribution is -2.12. The van der Waals surface area contributed by atoms with E-state index in [9.17, 15) is 34.8 Å². The SMILES string of the molecule is NS(=O)(=O)c1cccc(C#Cc2cnc3c(C(F)(F)F)cc(-c4ccc(C(F)(F)F)cc4)cn23)c1. The number of alkyl halides is 6. The zero-order chi connectivity index (χ0) is 25.6. The van der Waals surface area contributed by atoms with Gasteiger partial charge >= 0.3 is 12.4 Å². The molecule has 12 heteroatoms. The molecule has 0 aliphatic heterocycles. The van der Waals surface area contributed by atoms with Crippen molar-refractivity contribution >= 4 is 15.7 Å². The maximum absolute atomic E-state index is 13.7. The Morgan fingerprint density at radius 2 is 1.54 bits per heavy atom. The Kier molecular flexibility index (Phi) is 5.86. The van der Waals surface area contributed by atoms with Crippen molar-refractivity contribution in [1.29, 1.82) is 0 Å². The topological polar surface area (TPSA) is 77.5 Å². The third kappa shape index (κ3) is 5.16. The molecule has 0 saturated carbocycles. The summed E-state index contributed by atoms with van der Waals surface area (Å²) in [5, 5.41) is 5.09. The average Bonchev–Trinajstić information content (AvgIpc) is 3.18. The Morgan fingerprint density at radius 3 is 2.14 bits per heavy atom. The molecule has 0 fully saturated rings. The van der Waals surface area contributed by atoms with Gasteiger partial charge in [-0.05, 0) is 53.4 Å². The van der Waals surface area contributed by atoms with Gasteiger partial charge in [-0.3, -0.25) is 4.40 Å². The van der Waals surface area contributed by atoms with Crippen LogP contribution in [0.15, 0.2) is 71.9 Å². The largest absolute Gasteiger partial charge is 0.420 e. The average molecular weight is 509 g/mol. The molecule has 2 N–H and O–H groups in total. The van der Waals surface area contributed by atoms with Crippen molar-refractivity contribution in [3.63, 3.8) is 0 Å². The van der Waals surface area contributed by atoms with Gasteiger partial charge in [-0.25, -0.2) is 18.5 Å². The van der Waals surface area contributed by atoms with E-state index in [0.717, 1.165) is 40.9 Å². The zero-order valence-corrected chi connectivity index (χ0v) is 18.1. The number of nitrogens with two attached hydrogens (primary N) is 1. The quantitative estimate of drug-likeness (QED) is 0.302. The molecular weight excluding hydrogens is 496 g/mol. The fourth-order valence-corrected chi connectivity index (χ4v) is 3.84. The normalized spacial score (nSPS) is 12.4. The highest BCUT2D eigenvalue weighted by atomic mass is 32.2. The first-order valence-electron chi connectivity index (χ1n) is 9.64. The maximum Gasteiger partial charge on any atom is 0.420 e. The van der Waals surface area contributed by atoms with Gasteiger partial charge in [0, 0.05) is 11.8 Å². The van der Waals surface area contributed by atoms with Crippen LogP contribution in [0.3, 0.4) is 0 Å². The Hall–Kier alpha value is -3.82. The fourth-order valence-electron chi connectivity index (χ4n) is 3.28. The molecule has 0 aliphatic rings. The van der Waals surface area contributed by atoms with Gasteiger partial charge in [-0.1, -0.05) is 24.1 Å². The van der Waals surface area contributed by atoms with Crippen molar-refractivity contribution in [1.82, 2.24) is 9.38 Å². The minimum Gasteiger partial charge on any atom is -0.292 e. The molecular formula is C23H13F6N3O2S. The predicted octanol–water partition coefficient (Wildman–Crippen LogP) is 5.09. The number of imidazole rings is 1. The van der Waals surface area contributed by atoms with Gasteiger partial charge < -0.3 is 0 Å². The van der Waals surface area contributed by atoms with Crippen LogP contribution in [-0.4, -0.2) is 17.8 Å². The number of halogens is 6. The molecule has 35 heavy (non-hydrogen) atoms. The second kappa shape index (κ2) is 8.44. The smallest absolute Gasteiger partial charge is 0.292 e. The molecule has 5 nitrogen and oxygen atoms in total. The van der Waals surface area contributed by atoms with Crippen LogP contribution in [0.5, 0.6) is 0 Å². The summed E-state index contributed by atoms with van der Waals surface area (Å²) in [6, 6.07) is 9.87. The van der Waals surface area contributed by atoms with Gasteiger partial charge in [0.2, 0.25) is 10.0 Å². The molecule has 0 radical (unpaired) electrons. The van der Waals surface area contributed by atoms with Crippen molar-refractivity contribution in [3.05, 3.63) is 89.4 Å². The third-order valence-corrected chi connectivity index (χ3v) is 5.87. The van der Waals surface area contributed by atoms with E-state index in [2.05, 4.69) is 16.8 Å². The number of hydrogen-bond donors (Lipinski definition) is 1. The molecule has 4 aromatic rings. The molecule has 0 saturated heterocycles. The number of pyridine rings is 1. The summed E-state index contributed by atoms with van der Waals surface area (Å²) in [5.41, 5.74) is -2.08. The molecule has 0 aliphatic carbocycles. The van der Waals surface area contributed by atoms with Gasteiger partial charge in [-0.15, -0.1) is 0 Å². The van der Waals surface area contributed by atoms with E-state index in [-0.39, 0.29) is 27.3 Å². The number of nitrogens with zero attached hydrogens (tertiary/aromatic N) is 2. The standard InChI is InChI=1S/C23H13F6N3O2S/c24-22(25,26)17-7-5-15(6-8-17)16-11-20(23(27,28)29)21-31-12-18(32(21)13-16)9-4-14-2-1-3-19(10-14)35(30,33)34/h1-3,5-8,10-13H,(H2,30,33,34). The lowest BCUT2D eigenvalue weighted by Gasteiger charge is -2.12. The van der Waals surface area contributed by atoms with Crippen molar-refractivity contribution in [2.45, 2.75) is 17.2 Å². The zero-order valence-electron chi connectivity index (χ0n) is 17.3. The highest BCUT2D eigenvalue weighted by Crippen LogP contribution is 2.36. The summed E-state index contributed by atoms with van der Waals surface area (Å²) < 4.78 is 104. The minimum atomic E-state index is -4.80. The predicted molar refractivity (Wildman–Crippen MR) is 114 cm³/mol. The first kappa shape index (κ1) is 24.3. The fraction of sp³-hybridized carbons (Fsp3) is 0.0870. The van der Waals surface area contributed by atoms with Crippen LogP contribution in [0.25, 0.3) is 16.8 Å². The lowest BCUT2D eigenvalue weighted by molar-refractivity contribution is -0.138. The van der Waals surface area contributed by atoms with E-state index in [4.69, 9.17) is 5.14 Å². The minimum absolute atomic E-state index is 0.00387. The number of sulfonamides is 1. The van der Waals surface area contributed by atoms with Crippen LogP contribution in [0.4, 0.5) is 26.3 Å². The molecule has 4 rings (SSSR count). The van der Waals surface area contributed by atoms with Crippen molar-refractivity contribution in [3.8, 4) is 23.0 Å². The molecule has 0 unspecified atom stereocenters. The monoisotopic (exact) mass is 509 g/mol. The Bertz CT molecular complexity index is 1590. The number of fused-ring (bicyclic) bond motifs is 1. The summed E-state index contributed by atoms with van der Waals surface area (Å²) in [6.07, 6.45) is -7.00. The Morgan fingerprint density at radius 1 is 0.857 bits per heavy atom. The van der Waals surface area contributed by atoms with E-state index in [1.54, 1.807) is 0 Å². The summed E-state index contributed by atoms with van der Waals surface area (Å²) in [4.78, 5) is 3.62. The highest BCUT2D eigenvalue weighted by molar-refractivity contribution is 7.89. The van der Waals surface area contributed by atoms with Gasteiger partial charge in [0.25, 0.3) is 0 Å². The Balaban J connectivity index is 1.84. The molecule has 2 aromatic carbocycles. The lowest BCUT2D eigenvalue weighted by atomic mass is 10.0. The van der Waals surface area contributed by atoms with Gasteiger partial charge in [0.1, 0.15) is 11.3 Å². The summed E-state index contributed by atoms with van der Waals surface area (Å²) in [7, 11) is -3.98. The molecule has 0 amide bonds. The number of primary sulfonamides is 1. The second-order valence-electron chi connectivity index (χ2n) is 7.38. The number of benzene rings is 2. The molecule has 0 bridgehead atoms. The summed E-state index contributed by atoms with van der Waals surface area (Å²) >= 11 is 0. The number of rotatable bonds is 2. The number of aromatic nitrogens is 2. The van der Waals surface area contributed by atoms with Crippen LogP contribution in [0.1, 0.15) is 22.4 Å². The van der Waals surface area contributed by atoms with E-state index < -0.39 is 39.1 Å². The van der Waals surface area contributed by atoms with E-state index in [1.807, 2.05) is 0 Å². The molecule has 0 atom stereocenters. The maximum atomic E-state index is 13.7. The van der Waals surface area contributed by atoms with E-state index in [0.29, 0.717) is 0 Å². The first-order chi connectivity index (χ1) is 16.2. The highest BCUT2D eigenvalue weighted by Gasteiger charge is 2.35. The van der Waals surface area contributed by atoms with Crippen LogP contribution >= 0.6 is 0 Å². The number of hydrogen-bond acceptors (Lipinski definition) is 3. The van der Waals surface area contributed by atoms with Gasteiger partial charge in [0.05, 0.1) is 22.2 Å². The van der Waals surface area contributed by atoms with Crippen LogP contribution in [0.2, 0.25) is 0 Å². The van der Waals surface area contributed by atoms with Crippen LogP contribution in [-0.2, 0) is 22.4 Å². The van der Waals surface area contributed by atoms with Crippen molar-refractivity contribution in [2.24, 2.45) is 5.14 Å². The van der Waals surface area contributed by atoms with Gasteiger partial charge in [-0.2, -0.15) is 26.3 Å². The van der Waals surface area contributed by atoms with E-state index >= 15 is 0 Å². The molecule has 0 spiro atoms. The molecule has 2 heterocycles. The summed E-state index contributed by atoms with van der Waals surface area (Å²) in [5.74, 6) is 5.30. The molecule has 2 aromatic heterocycles. The van der Waals surface area contributed by atoms with Crippen LogP contribution < -0.4 is 5.14 Å². The Labute approximate surface area is 194 Å². The van der Waals surface area contributed by atoms with Gasteiger partial charge in [0.15, 0.2) is 0 Å². The first-order valence-corrected chi connectivity index (χ1v) is 11.2. The summed E-state index contributed by atoms with van der Waals surface area (Å²) in [6.45, 7) is 0. The van der Waals surface area contributed by atoms with E-state index in [1.165, 1.54) is 30.5 Å². The van der Waals surface area contributed by atoms with Crippen LogP contribution in [0, 0.1) is 11.8 Å². The second-order valence-corrected chi connectivity index (χ2v) is 8.94. The van der Waals surface area contributed by atoms with Crippen molar-refractivity contribution in [2.75, 3.05) is 0 Å². The third-order valence-electron chi connectivity index (χ3n) is 4.95.